The van der Waals surface area contributed by atoms with E-state index in [1.54, 1.807) is 11.4 Å². The number of rotatable bonds is 5. The largest absolute Gasteiger partial charge is 0.379 e. The van der Waals surface area contributed by atoms with E-state index in [2.05, 4.69) is 25.6 Å². The standard InChI is InChI=1S/C19H17N5O2S2/c20-10-13-2-1-3-14(8-13)16-9-15(12-27-16)18(25)22-19-21-17(23-28-19)11-24-4-6-26-7-5-24/h1-3,8-9,12H,4-7,11H2,(H,21,22,23,25). The van der Waals surface area contributed by atoms with Gasteiger partial charge in [0.05, 0.1) is 37.0 Å². The molecule has 142 valence electrons. The van der Waals surface area contributed by atoms with E-state index >= 15 is 0 Å². The molecule has 0 saturated carbocycles. The van der Waals surface area contributed by atoms with Crippen LogP contribution in [0.4, 0.5) is 5.13 Å². The number of amides is 1. The number of hydrogen-bond acceptors (Lipinski definition) is 8. The molecule has 0 atom stereocenters. The molecule has 1 amide bonds. The first-order valence-electron chi connectivity index (χ1n) is 8.74. The number of nitriles is 1. The van der Waals surface area contributed by atoms with Gasteiger partial charge in [0.15, 0.2) is 5.82 Å². The Balaban J connectivity index is 1.40. The summed E-state index contributed by atoms with van der Waals surface area (Å²) in [6, 6.07) is 11.3. The Morgan fingerprint density at radius 1 is 1.32 bits per heavy atom. The molecule has 0 unspecified atom stereocenters. The lowest BCUT2D eigenvalue weighted by Gasteiger charge is -2.25. The molecule has 1 aliphatic rings. The molecule has 0 radical (unpaired) electrons. The molecule has 0 spiro atoms. The molecule has 0 bridgehead atoms. The van der Waals surface area contributed by atoms with Crippen LogP contribution in [0.25, 0.3) is 10.4 Å². The van der Waals surface area contributed by atoms with Crippen LogP contribution in [0.15, 0.2) is 35.7 Å². The van der Waals surface area contributed by atoms with Crippen LogP contribution >= 0.6 is 22.9 Å². The van der Waals surface area contributed by atoms with Gasteiger partial charge in [-0.1, -0.05) is 12.1 Å². The minimum Gasteiger partial charge on any atom is -0.379 e. The van der Waals surface area contributed by atoms with Crippen molar-refractivity contribution in [3.8, 4) is 16.5 Å². The van der Waals surface area contributed by atoms with Gasteiger partial charge in [0.2, 0.25) is 5.13 Å². The Labute approximate surface area is 170 Å². The van der Waals surface area contributed by atoms with Crippen molar-refractivity contribution >= 4 is 33.9 Å². The number of carbonyl (C=O) groups excluding carboxylic acids is 1. The van der Waals surface area contributed by atoms with Gasteiger partial charge in [-0.05, 0) is 23.8 Å². The zero-order valence-electron chi connectivity index (χ0n) is 14.9. The third-order valence-electron chi connectivity index (χ3n) is 4.30. The predicted molar refractivity (Wildman–Crippen MR) is 108 cm³/mol. The van der Waals surface area contributed by atoms with Crippen LogP contribution in [0, 0.1) is 11.3 Å². The summed E-state index contributed by atoms with van der Waals surface area (Å²) in [5, 5.41) is 14.2. The van der Waals surface area contributed by atoms with Crippen LogP contribution in [0.3, 0.4) is 0 Å². The molecule has 1 saturated heterocycles. The Kier molecular flexibility index (Phi) is 5.73. The number of thiophene rings is 1. The topological polar surface area (TPSA) is 91.1 Å². The van der Waals surface area contributed by atoms with E-state index in [0.717, 1.165) is 36.7 Å². The van der Waals surface area contributed by atoms with Crippen molar-refractivity contribution in [3.63, 3.8) is 0 Å². The Hall–Kier alpha value is -2.64. The summed E-state index contributed by atoms with van der Waals surface area (Å²) < 4.78 is 9.67. The second-order valence-electron chi connectivity index (χ2n) is 6.25. The molecule has 1 fully saturated rings. The third-order valence-corrected chi connectivity index (χ3v) is 5.94. The van der Waals surface area contributed by atoms with Crippen molar-refractivity contribution in [3.05, 3.63) is 52.7 Å². The summed E-state index contributed by atoms with van der Waals surface area (Å²) in [6.07, 6.45) is 0. The third kappa shape index (κ3) is 4.43. The maximum absolute atomic E-state index is 12.5. The van der Waals surface area contributed by atoms with Gasteiger partial charge < -0.3 is 4.74 Å². The number of ether oxygens (including phenoxy) is 1. The van der Waals surface area contributed by atoms with Gasteiger partial charge in [0, 0.05) is 34.9 Å². The fraction of sp³-hybridized carbons (Fsp3) is 0.263. The molecule has 1 N–H and O–H groups in total. The van der Waals surface area contributed by atoms with Gasteiger partial charge in [-0.15, -0.1) is 11.3 Å². The summed E-state index contributed by atoms with van der Waals surface area (Å²) in [6.45, 7) is 3.85. The minimum absolute atomic E-state index is 0.215. The van der Waals surface area contributed by atoms with E-state index in [-0.39, 0.29) is 5.91 Å². The van der Waals surface area contributed by atoms with Gasteiger partial charge in [-0.3, -0.25) is 15.0 Å². The van der Waals surface area contributed by atoms with E-state index in [1.807, 2.05) is 24.3 Å². The quantitative estimate of drug-likeness (QED) is 0.693. The van der Waals surface area contributed by atoms with Crippen molar-refractivity contribution in [2.24, 2.45) is 0 Å². The van der Waals surface area contributed by atoms with Crippen LogP contribution in [-0.2, 0) is 11.3 Å². The lowest BCUT2D eigenvalue weighted by atomic mass is 10.1. The van der Waals surface area contributed by atoms with E-state index in [4.69, 9.17) is 10.00 Å². The SMILES string of the molecule is N#Cc1cccc(-c2cc(C(=O)Nc3nc(CN4CCOCC4)ns3)cs2)c1. The van der Waals surface area contributed by atoms with Crippen molar-refractivity contribution in [2.45, 2.75) is 6.54 Å². The first-order chi connectivity index (χ1) is 13.7. The number of morpholine rings is 1. The minimum atomic E-state index is -0.215. The molecule has 28 heavy (non-hydrogen) atoms. The number of hydrogen-bond donors (Lipinski definition) is 1. The van der Waals surface area contributed by atoms with Crippen molar-refractivity contribution in [1.29, 1.82) is 5.26 Å². The number of nitrogens with one attached hydrogen (secondary N) is 1. The Morgan fingerprint density at radius 2 is 2.18 bits per heavy atom. The predicted octanol–water partition coefficient (Wildman–Crippen LogP) is 3.22. The fourth-order valence-corrected chi connectivity index (χ4v) is 4.31. The normalized spacial score (nSPS) is 14.5. The molecule has 4 rings (SSSR count). The van der Waals surface area contributed by atoms with Crippen molar-refractivity contribution in [2.75, 3.05) is 31.6 Å². The van der Waals surface area contributed by atoms with Crippen molar-refractivity contribution in [1.82, 2.24) is 14.3 Å². The fourth-order valence-electron chi connectivity index (χ4n) is 2.85. The highest BCUT2D eigenvalue weighted by Crippen LogP contribution is 2.28. The van der Waals surface area contributed by atoms with Crippen LogP contribution in [0.1, 0.15) is 21.7 Å². The van der Waals surface area contributed by atoms with E-state index in [1.165, 1.54) is 22.9 Å². The number of carbonyl (C=O) groups is 1. The molecular weight excluding hydrogens is 394 g/mol. The monoisotopic (exact) mass is 411 g/mol. The van der Waals surface area contributed by atoms with E-state index < -0.39 is 0 Å². The number of aromatic nitrogens is 2. The zero-order chi connectivity index (χ0) is 19.3. The van der Waals surface area contributed by atoms with E-state index in [9.17, 15) is 4.79 Å². The molecule has 1 aliphatic heterocycles. The number of benzene rings is 1. The highest BCUT2D eigenvalue weighted by Gasteiger charge is 2.16. The molecule has 0 aliphatic carbocycles. The lowest BCUT2D eigenvalue weighted by Crippen LogP contribution is -2.35. The highest BCUT2D eigenvalue weighted by atomic mass is 32.1. The average Bonchev–Trinajstić information content (AvgIpc) is 3.39. The Morgan fingerprint density at radius 3 is 3.00 bits per heavy atom. The molecular formula is C19H17N5O2S2. The van der Waals surface area contributed by atoms with Crippen LogP contribution in [-0.4, -0.2) is 46.5 Å². The molecule has 2 aromatic heterocycles. The zero-order valence-corrected chi connectivity index (χ0v) is 16.6. The maximum atomic E-state index is 12.5. The molecule has 7 nitrogen and oxygen atoms in total. The first-order valence-corrected chi connectivity index (χ1v) is 10.4. The van der Waals surface area contributed by atoms with Crippen LogP contribution in [0.2, 0.25) is 0 Å². The summed E-state index contributed by atoms with van der Waals surface area (Å²) in [5.41, 5.74) is 2.08. The van der Waals surface area contributed by atoms with Gasteiger partial charge in [-0.2, -0.15) is 9.64 Å². The Bertz CT molecular complexity index is 1020. The van der Waals surface area contributed by atoms with E-state index in [0.29, 0.717) is 28.6 Å². The molecule has 1 aromatic carbocycles. The number of anilines is 1. The number of nitrogens with zero attached hydrogens (tertiary/aromatic N) is 4. The second-order valence-corrected chi connectivity index (χ2v) is 7.91. The van der Waals surface area contributed by atoms with Crippen LogP contribution in [0.5, 0.6) is 0 Å². The van der Waals surface area contributed by atoms with Gasteiger partial charge >= 0.3 is 0 Å². The maximum Gasteiger partial charge on any atom is 0.258 e. The highest BCUT2D eigenvalue weighted by molar-refractivity contribution is 7.14. The average molecular weight is 412 g/mol. The van der Waals surface area contributed by atoms with Crippen molar-refractivity contribution < 1.29 is 9.53 Å². The molecule has 3 aromatic rings. The summed E-state index contributed by atoms with van der Waals surface area (Å²) >= 11 is 2.65. The van der Waals surface area contributed by atoms with Gasteiger partial charge in [-0.25, -0.2) is 4.98 Å². The smallest absolute Gasteiger partial charge is 0.258 e. The van der Waals surface area contributed by atoms with Crippen LogP contribution < -0.4 is 5.32 Å². The lowest BCUT2D eigenvalue weighted by molar-refractivity contribution is 0.0332. The summed E-state index contributed by atoms with van der Waals surface area (Å²) in [7, 11) is 0. The van der Waals surface area contributed by atoms with Gasteiger partial charge in [0.25, 0.3) is 5.91 Å². The summed E-state index contributed by atoms with van der Waals surface area (Å²) in [5.74, 6) is 0.495. The summed E-state index contributed by atoms with van der Waals surface area (Å²) in [4.78, 5) is 20.1. The van der Waals surface area contributed by atoms with Gasteiger partial charge in [0.1, 0.15) is 0 Å². The second kappa shape index (κ2) is 8.58. The first kappa shape index (κ1) is 18.7. The molecule has 3 heterocycles. The molecule has 9 heteroatoms.